The molecule has 0 aliphatic carbocycles. The van der Waals surface area contributed by atoms with E-state index < -0.39 is 11.3 Å². The number of hydrogen-bond acceptors (Lipinski definition) is 7. The Morgan fingerprint density at radius 1 is 0.846 bits per heavy atom. The number of phenols is 1. The average molecular weight is 352 g/mol. The van der Waals surface area contributed by atoms with Crippen molar-refractivity contribution in [1.82, 2.24) is 0 Å². The molecule has 0 saturated carbocycles. The third kappa shape index (κ3) is 2.75. The van der Waals surface area contributed by atoms with Crippen LogP contribution in [0, 0.1) is 0 Å². The van der Waals surface area contributed by atoms with Gasteiger partial charge in [-0.15, -0.1) is 0 Å². The van der Waals surface area contributed by atoms with Crippen LogP contribution in [0.1, 0.15) is 0 Å². The van der Waals surface area contributed by atoms with Gasteiger partial charge in [0.2, 0.25) is 5.75 Å². The molecule has 4 rings (SSSR count). The van der Waals surface area contributed by atoms with Crippen LogP contribution in [0.25, 0.3) is 21.9 Å². The van der Waals surface area contributed by atoms with Crippen LogP contribution in [0.2, 0.25) is 0 Å². The summed E-state index contributed by atoms with van der Waals surface area (Å²) in [6.45, 7) is 0. The van der Waals surface area contributed by atoms with Gasteiger partial charge in [0, 0.05) is 29.0 Å². The van der Waals surface area contributed by atoms with Crippen molar-refractivity contribution in [2.75, 3.05) is 7.11 Å². The first kappa shape index (κ1) is 15.8. The quantitative estimate of drug-likeness (QED) is 0.564. The minimum Gasteiger partial charge on any atom is -0.504 e. The summed E-state index contributed by atoms with van der Waals surface area (Å²) in [7, 11) is 1.40. The summed E-state index contributed by atoms with van der Waals surface area (Å²) in [5, 5.41) is 11.1. The van der Waals surface area contributed by atoms with Gasteiger partial charge in [-0.05, 0) is 30.3 Å². The SMILES string of the molecule is COc1cc2oc(=O)c(Oc3ccc4ccc(=O)oc4c3)cc2cc1O. The van der Waals surface area contributed by atoms with Crippen molar-refractivity contribution in [2.24, 2.45) is 0 Å². The van der Waals surface area contributed by atoms with Crippen LogP contribution in [-0.2, 0) is 0 Å². The molecule has 0 saturated heterocycles. The van der Waals surface area contributed by atoms with Crippen LogP contribution >= 0.6 is 0 Å². The smallest absolute Gasteiger partial charge is 0.379 e. The zero-order valence-electron chi connectivity index (χ0n) is 13.5. The van der Waals surface area contributed by atoms with Crippen molar-refractivity contribution in [3.63, 3.8) is 0 Å². The Labute approximate surface area is 145 Å². The number of rotatable bonds is 3. The highest BCUT2D eigenvalue weighted by atomic mass is 16.5. The van der Waals surface area contributed by atoms with Crippen LogP contribution in [0.15, 0.2) is 67.0 Å². The van der Waals surface area contributed by atoms with E-state index in [9.17, 15) is 14.7 Å². The summed E-state index contributed by atoms with van der Waals surface area (Å²) in [6, 6.07) is 12.1. The normalized spacial score (nSPS) is 11.0. The van der Waals surface area contributed by atoms with Crippen molar-refractivity contribution in [2.45, 2.75) is 0 Å². The maximum atomic E-state index is 12.2. The highest BCUT2D eigenvalue weighted by molar-refractivity contribution is 5.82. The van der Waals surface area contributed by atoms with E-state index in [4.69, 9.17) is 18.3 Å². The lowest BCUT2D eigenvalue weighted by Crippen LogP contribution is -2.03. The van der Waals surface area contributed by atoms with Crippen molar-refractivity contribution < 1.29 is 23.4 Å². The largest absolute Gasteiger partial charge is 0.504 e. The number of fused-ring (bicyclic) bond motifs is 2. The molecular weight excluding hydrogens is 340 g/mol. The van der Waals surface area contributed by atoms with Crippen molar-refractivity contribution >= 4 is 21.9 Å². The molecule has 2 aromatic heterocycles. The number of ether oxygens (including phenoxy) is 2. The molecule has 0 radical (unpaired) electrons. The van der Waals surface area contributed by atoms with E-state index in [1.807, 2.05) is 0 Å². The van der Waals surface area contributed by atoms with Crippen LogP contribution in [0.5, 0.6) is 23.0 Å². The van der Waals surface area contributed by atoms with E-state index in [0.717, 1.165) is 5.39 Å². The number of hydrogen-bond donors (Lipinski definition) is 1. The van der Waals surface area contributed by atoms with Gasteiger partial charge in [-0.3, -0.25) is 0 Å². The first-order chi connectivity index (χ1) is 12.5. The van der Waals surface area contributed by atoms with Gasteiger partial charge in [0.15, 0.2) is 11.5 Å². The predicted octanol–water partition coefficient (Wildman–Crippen LogP) is 3.41. The Bertz CT molecular complexity index is 1250. The molecule has 26 heavy (non-hydrogen) atoms. The van der Waals surface area contributed by atoms with Crippen LogP contribution in [0.4, 0.5) is 0 Å². The summed E-state index contributed by atoms with van der Waals surface area (Å²) in [5.74, 6) is 0.335. The van der Waals surface area contributed by atoms with Gasteiger partial charge < -0.3 is 23.4 Å². The molecule has 2 aromatic carbocycles. The van der Waals surface area contributed by atoms with Gasteiger partial charge >= 0.3 is 11.3 Å². The second kappa shape index (κ2) is 5.96. The van der Waals surface area contributed by atoms with Crippen LogP contribution < -0.4 is 20.7 Å². The summed E-state index contributed by atoms with van der Waals surface area (Å²) in [5.41, 5.74) is -0.590. The zero-order chi connectivity index (χ0) is 18.3. The Morgan fingerprint density at radius 2 is 1.62 bits per heavy atom. The van der Waals surface area contributed by atoms with Gasteiger partial charge in [0.1, 0.15) is 16.9 Å². The van der Waals surface area contributed by atoms with E-state index in [2.05, 4.69) is 0 Å². The molecule has 7 heteroatoms. The highest BCUT2D eigenvalue weighted by Gasteiger charge is 2.12. The third-order valence-electron chi connectivity index (χ3n) is 3.82. The second-order valence-electron chi connectivity index (χ2n) is 5.52. The first-order valence-electron chi connectivity index (χ1n) is 7.60. The Morgan fingerprint density at radius 3 is 2.42 bits per heavy atom. The Hall–Kier alpha value is -3.74. The standard InChI is InChI=1S/C19H12O7/c1-23-16-9-15-11(6-13(16)20)7-17(19(22)26-15)24-12-4-2-10-3-5-18(21)25-14(10)8-12/h2-9,20H,1H3. The summed E-state index contributed by atoms with van der Waals surface area (Å²) >= 11 is 0. The summed E-state index contributed by atoms with van der Waals surface area (Å²) in [6.07, 6.45) is 0. The van der Waals surface area contributed by atoms with Crippen molar-refractivity contribution in [3.05, 3.63) is 69.4 Å². The monoisotopic (exact) mass is 352 g/mol. The molecule has 7 nitrogen and oxygen atoms in total. The number of benzene rings is 2. The molecule has 0 atom stereocenters. The number of phenolic OH excluding ortho intramolecular Hbond substituents is 1. The van der Waals surface area contributed by atoms with Gasteiger partial charge in [-0.2, -0.15) is 0 Å². The fourth-order valence-electron chi connectivity index (χ4n) is 2.58. The minimum absolute atomic E-state index is 0.0697. The first-order valence-corrected chi connectivity index (χ1v) is 7.60. The van der Waals surface area contributed by atoms with E-state index >= 15 is 0 Å². The Balaban J connectivity index is 1.78. The molecule has 2 heterocycles. The van der Waals surface area contributed by atoms with E-state index in [0.29, 0.717) is 16.7 Å². The summed E-state index contributed by atoms with van der Waals surface area (Å²) in [4.78, 5) is 23.5. The van der Waals surface area contributed by atoms with Crippen molar-refractivity contribution in [3.8, 4) is 23.0 Å². The predicted molar refractivity (Wildman–Crippen MR) is 93.3 cm³/mol. The Kier molecular flexibility index (Phi) is 3.62. The van der Waals surface area contributed by atoms with E-state index in [1.54, 1.807) is 18.2 Å². The van der Waals surface area contributed by atoms with E-state index in [-0.39, 0.29) is 22.8 Å². The van der Waals surface area contributed by atoms with Crippen molar-refractivity contribution in [1.29, 1.82) is 0 Å². The lowest BCUT2D eigenvalue weighted by Gasteiger charge is -2.08. The lowest BCUT2D eigenvalue weighted by atomic mass is 10.2. The molecule has 0 fully saturated rings. The number of methoxy groups -OCH3 is 1. The van der Waals surface area contributed by atoms with Gasteiger partial charge in [-0.25, -0.2) is 9.59 Å². The maximum Gasteiger partial charge on any atom is 0.379 e. The van der Waals surface area contributed by atoms with Gasteiger partial charge in [0.05, 0.1) is 7.11 Å². The van der Waals surface area contributed by atoms with Crippen LogP contribution in [-0.4, -0.2) is 12.2 Å². The molecule has 0 aliphatic rings. The molecule has 1 N–H and O–H groups in total. The summed E-state index contributed by atoms with van der Waals surface area (Å²) < 4.78 is 20.9. The topological polar surface area (TPSA) is 99.1 Å². The molecule has 0 spiro atoms. The lowest BCUT2D eigenvalue weighted by molar-refractivity contribution is 0.372. The molecular formula is C19H12O7. The van der Waals surface area contributed by atoms with Gasteiger partial charge in [-0.1, -0.05) is 0 Å². The zero-order valence-corrected chi connectivity index (χ0v) is 13.5. The number of aromatic hydroxyl groups is 1. The van der Waals surface area contributed by atoms with E-state index in [1.165, 1.54) is 37.4 Å². The van der Waals surface area contributed by atoms with Crippen LogP contribution in [0.3, 0.4) is 0 Å². The maximum absolute atomic E-state index is 12.2. The van der Waals surface area contributed by atoms with Gasteiger partial charge in [0.25, 0.3) is 0 Å². The molecule has 0 amide bonds. The highest BCUT2D eigenvalue weighted by Crippen LogP contribution is 2.32. The minimum atomic E-state index is -0.695. The fourth-order valence-corrected chi connectivity index (χ4v) is 2.58. The molecule has 4 aromatic rings. The molecule has 0 unspecified atom stereocenters. The fraction of sp³-hybridized carbons (Fsp3) is 0.0526. The molecule has 130 valence electrons. The second-order valence-corrected chi connectivity index (χ2v) is 5.52. The third-order valence-corrected chi connectivity index (χ3v) is 3.82. The average Bonchev–Trinajstić information content (AvgIpc) is 2.62. The molecule has 0 bridgehead atoms. The molecule has 0 aliphatic heterocycles.